The normalized spacial score (nSPS) is 21.9. The van der Waals surface area contributed by atoms with Crippen LogP contribution in [0.2, 0.25) is 0 Å². The molecule has 26 heavy (non-hydrogen) atoms. The van der Waals surface area contributed by atoms with Gasteiger partial charge in [-0.15, -0.1) is 10.2 Å². The Morgan fingerprint density at radius 3 is 2.65 bits per heavy atom. The number of fused-ring (bicyclic) bond motifs is 1. The van der Waals surface area contributed by atoms with E-state index in [0.29, 0.717) is 5.92 Å². The van der Waals surface area contributed by atoms with Crippen molar-refractivity contribution < 1.29 is 0 Å². The maximum Gasteiger partial charge on any atom is 0.137 e. The molecule has 1 aromatic carbocycles. The van der Waals surface area contributed by atoms with Crippen LogP contribution in [0.1, 0.15) is 43.4 Å². The Morgan fingerprint density at radius 2 is 1.85 bits per heavy atom. The largest absolute Gasteiger partial charge is 0.313 e. The molecule has 1 atom stereocenters. The van der Waals surface area contributed by atoms with Crippen LogP contribution in [0.3, 0.4) is 0 Å². The molecule has 2 aromatic rings. The van der Waals surface area contributed by atoms with Crippen LogP contribution in [-0.4, -0.2) is 57.3 Å². The minimum absolute atomic E-state index is 0.552. The van der Waals surface area contributed by atoms with E-state index in [0.717, 1.165) is 45.1 Å². The van der Waals surface area contributed by atoms with Gasteiger partial charge in [0.2, 0.25) is 0 Å². The average molecular weight is 354 g/mol. The summed E-state index contributed by atoms with van der Waals surface area (Å²) in [7, 11) is 0. The molecule has 1 unspecified atom stereocenters. The lowest BCUT2D eigenvalue weighted by atomic mass is 10.1. The van der Waals surface area contributed by atoms with Crippen LogP contribution in [-0.2, 0) is 19.5 Å². The Labute approximate surface area is 157 Å². The Balaban J connectivity index is 1.40. The Hall–Kier alpha value is -1.72. The summed E-state index contributed by atoms with van der Waals surface area (Å²) in [5, 5.41) is 9.17. The number of benzene rings is 1. The van der Waals surface area contributed by atoms with E-state index in [1.165, 1.54) is 36.7 Å². The molecule has 2 aliphatic heterocycles. The van der Waals surface area contributed by atoms with Gasteiger partial charge in [0.05, 0.1) is 0 Å². The molecule has 0 N–H and O–H groups in total. The predicted molar refractivity (Wildman–Crippen MR) is 104 cm³/mol. The average Bonchev–Trinajstić information content (AvgIpc) is 3.19. The van der Waals surface area contributed by atoms with Crippen molar-refractivity contribution in [2.24, 2.45) is 5.92 Å². The predicted octanol–water partition coefficient (Wildman–Crippen LogP) is 2.78. The van der Waals surface area contributed by atoms with Gasteiger partial charge in [0, 0.05) is 51.6 Å². The molecule has 5 heteroatoms. The number of hydrogen-bond donors (Lipinski definition) is 0. The maximum absolute atomic E-state index is 4.61. The van der Waals surface area contributed by atoms with Crippen molar-refractivity contribution in [3.8, 4) is 0 Å². The summed E-state index contributed by atoms with van der Waals surface area (Å²) < 4.78 is 2.43. The lowest BCUT2D eigenvalue weighted by Gasteiger charge is -2.20. The Morgan fingerprint density at radius 1 is 1.00 bits per heavy atom. The van der Waals surface area contributed by atoms with Gasteiger partial charge in [-0.3, -0.25) is 4.90 Å². The van der Waals surface area contributed by atoms with Crippen molar-refractivity contribution in [2.75, 3.05) is 32.7 Å². The highest BCUT2D eigenvalue weighted by molar-refractivity contribution is 5.15. The van der Waals surface area contributed by atoms with E-state index < -0.39 is 0 Å². The highest BCUT2D eigenvalue weighted by atomic mass is 15.3. The summed E-state index contributed by atoms with van der Waals surface area (Å²) in [6.45, 7) is 12.3. The minimum atomic E-state index is 0.552. The first kappa shape index (κ1) is 17.7. The summed E-state index contributed by atoms with van der Waals surface area (Å²) in [6.07, 6.45) is 2.22. The van der Waals surface area contributed by atoms with E-state index >= 15 is 0 Å². The van der Waals surface area contributed by atoms with Crippen LogP contribution in [0.15, 0.2) is 30.3 Å². The van der Waals surface area contributed by atoms with E-state index in [1.54, 1.807) is 0 Å². The Kier molecular flexibility index (Phi) is 5.36. The van der Waals surface area contributed by atoms with Crippen molar-refractivity contribution in [2.45, 2.75) is 45.7 Å². The molecule has 1 saturated heterocycles. The van der Waals surface area contributed by atoms with Crippen LogP contribution in [0.25, 0.3) is 0 Å². The monoisotopic (exact) mass is 353 g/mol. The second-order valence-electron chi connectivity index (χ2n) is 8.28. The lowest BCUT2D eigenvalue weighted by molar-refractivity contribution is 0.269. The van der Waals surface area contributed by atoms with Crippen molar-refractivity contribution in [1.29, 1.82) is 0 Å². The SMILES string of the molecule is CC(C)CN1CCC(c2nnc3n2CCN(Cc2ccccc2)CC3)C1. The van der Waals surface area contributed by atoms with Gasteiger partial charge in [-0.2, -0.15) is 0 Å². The van der Waals surface area contributed by atoms with E-state index in [9.17, 15) is 0 Å². The van der Waals surface area contributed by atoms with Gasteiger partial charge in [-0.1, -0.05) is 44.2 Å². The molecule has 2 aliphatic rings. The fourth-order valence-corrected chi connectivity index (χ4v) is 4.42. The zero-order chi connectivity index (χ0) is 17.9. The van der Waals surface area contributed by atoms with Gasteiger partial charge in [-0.25, -0.2) is 0 Å². The molecule has 0 saturated carbocycles. The topological polar surface area (TPSA) is 37.2 Å². The summed E-state index contributed by atoms with van der Waals surface area (Å²) in [6, 6.07) is 10.8. The van der Waals surface area contributed by atoms with Crippen LogP contribution < -0.4 is 0 Å². The number of aromatic nitrogens is 3. The standard InChI is InChI=1S/C21H31N5/c1-17(2)14-25-10-8-19(16-25)21-23-22-20-9-11-24(12-13-26(20)21)15-18-6-4-3-5-7-18/h3-7,17,19H,8-16H2,1-2H3. The van der Waals surface area contributed by atoms with Gasteiger partial charge in [-0.05, 0) is 24.4 Å². The quantitative estimate of drug-likeness (QED) is 0.828. The molecule has 0 bridgehead atoms. The van der Waals surface area contributed by atoms with Gasteiger partial charge >= 0.3 is 0 Å². The molecule has 0 aliphatic carbocycles. The van der Waals surface area contributed by atoms with Crippen LogP contribution in [0.4, 0.5) is 0 Å². The molecule has 1 fully saturated rings. The van der Waals surface area contributed by atoms with Gasteiger partial charge in [0.15, 0.2) is 0 Å². The van der Waals surface area contributed by atoms with Crippen LogP contribution >= 0.6 is 0 Å². The van der Waals surface area contributed by atoms with Crippen molar-refractivity contribution in [3.63, 3.8) is 0 Å². The van der Waals surface area contributed by atoms with Crippen LogP contribution in [0.5, 0.6) is 0 Å². The van der Waals surface area contributed by atoms with E-state index in [4.69, 9.17) is 0 Å². The zero-order valence-corrected chi connectivity index (χ0v) is 16.1. The third-order valence-electron chi connectivity index (χ3n) is 5.66. The fourth-order valence-electron chi connectivity index (χ4n) is 4.42. The maximum atomic E-state index is 4.61. The first-order valence-corrected chi connectivity index (χ1v) is 10.1. The summed E-state index contributed by atoms with van der Waals surface area (Å²) in [5.74, 6) is 3.69. The third kappa shape index (κ3) is 3.99. The molecular formula is C21H31N5. The van der Waals surface area contributed by atoms with Crippen LogP contribution in [0, 0.1) is 5.92 Å². The summed E-state index contributed by atoms with van der Waals surface area (Å²) in [4.78, 5) is 5.14. The minimum Gasteiger partial charge on any atom is -0.313 e. The highest BCUT2D eigenvalue weighted by Crippen LogP contribution is 2.27. The first-order chi connectivity index (χ1) is 12.7. The van der Waals surface area contributed by atoms with Crippen molar-refractivity contribution >= 4 is 0 Å². The molecule has 4 rings (SSSR count). The third-order valence-corrected chi connectivity index (χ3v) is 5.66. The molecule has 1 aromatic heterocycles. The van der Waals surface area contributed by atoms with E-state index in [-0.39, 0.29) is 0 Å². The molecule has 0 spiro atoms. The van der Waals surface area contributed by atoms with Gasteiger partial charge in [0.25, 0.3) is 0 Å². The number of hydrogen-bond acceptors (Lipinski definition) is 4. The smallest absolute Gasteiger partial charge is 0.137 e. The molecule has 0 radical (unpaired) electrons. The summed E-state index contributed by atoms with van der Waals surface area (Å²) in [5.41, 5.74) is 1.39. The number of rotatable bonds is 5. The fraction of sp³-hybridized carbons (Fsp3) is 0.619. The van der Waals surface area contributed by atoms with Gasteiger partial charge in [0.1, 0.15) is 11.6 Å². The van der Waals surface area contributed by atoms with E-state index in [1.807, 2.05) is 0 Å². The lowest BCUT2D eigenvalue weighted by Crippen LogP contribution is -2.27. The highest BCUT2D eigenvalue weighted by Gasteiger charge is 2.30. The number of nitrogens with zero attached hydrogens (tertiary/aromatic N) is 5. The molecular weight excluding hydrogens is 322 g/mol. The molecule has 140 valence electrons. The van der Waals surface area contributed by atoms with Gasteiger partial charge < -0.3 is 9.47 Å². The van der Waals surface area contributed by atoms with E-state index in [2.05, 4.69) is 68.7 Å². The molecule has 5 nitrogen and oxygen atoms in total. The summed E-state index contributed by atoms with van der Waals surface area (Å²) >= 11 is 0. The molecule has 3 heterocycles. The second-order valence-corrected chi connectivity index (χ2v) is 8.28. The van der Waals surface area contributed by atoms with Crippen molar-refractivity contribution in [1.82, 2.24) is 24.6 Å². The second kappa shape index (κ2) is 7.89. The molecule has 0 amide bonds. The first-order valence-electron chi connectivity index (χ1n) is 10.1. The Bertz CT molecular complexity index is 708. The zero-order valence-electron chi connectivity index (χ0n) is 16.1. The van der Waals surface area contributed by atoms with Crippen molar-refractivity contribution in [3.05, 3.63) is 47.5 Å². The number of likely N-dealkylation sites (tertiary alicyclic amines) is 1.